The number of amides is 2. The lowest BCUT2D eigenvalue weighted by Crippen LogP contribution is -2.65. The van der Waals surface area contributed by atoms with Crippen LogP contribution in [0.25, 0.3) is 0 Å². The molecule has 5 aliphatic rings. The molecule has 4 saturated carbocycles. The minimum Gasteiger partial charge on any atom is -0.339 e. The van der Waals surface area contributed by atoms with Crippen LogP contribution in [0.3, 0.4) is 0 Å². The maximum Gasteiger partial charge on any atom is 0.236 e. The highest BCUT2D eigenvalue weighted by Crippen LogP contribution is 2.66. The van der Waals surface area contributed by atoms with Gasteiger partial charge in [0.15, 0.2) is 0 Å². The number of carbonyl (C=O) groups excluding carboxylic acids is 2. The molecule has 1 aliphatic heterocycles. The topological polar surface area (TPSA) is 66.6 Å². The minimum atomic E-state index is -1.51. The van der Waals surface area contributed by atoms with E-state index in [1.54, 1.807) is 9.80 Å². The Morgan fingerprint density at radius 2 is 1.46 bits per heavy atom. The van der Waals surface area contributed by atoms with Crippen LogP contribution in [0, 0.1) is 11.3 Å². The van der Waals surface area contributed by atoms with Crippen molar-refractivity contribution in [2.75, 3.05) is 32.7 Å². The van der Waals surface area contributed by atoms with Crippen molar-refractivity contribution in [1.82, 2.24) is 9.80 Å². The number of alkyl halides is 2. The third kappa shape index (κ3) is 2.43. The van der Waals surface area contributed by atoms with Crippen molar-refractivity contribution < 1.29 is 18.4 Å². The number of hydrogen-bond acceptors (Lipinski definition) is 3. The molecule has 5 rings (SSSR count). The van der Waals surface area contributed by atoms with Crippen LogP contribution >= 0.6 is 0 Å². The first kappa shape index (κ1) is 16.2. The molecule has 2 unspecified atom stereocenters. The fourth-order valence-electron chi connectivity index (χ4n) is 6.07. The number of nitrogens with zero attached hydrogens (tertiary/aromatic N) is 2. The summed E-state index contributed by atoms with van der Waals surface area (Å²) in [6.45, 7) is 1.71. The van der Waals surface area contributed by atoms with Gasteiger partial charge in [-0.05, 0) is 38.0 Å². The average Bonchev–Trinajstić information content (AvgIpc) is 2.50. The molecule has 4 bridgehead atoms. The summed E-state index contributed by atoms with van der Waals surface area (Å²) in [6.07, 6.45) is 1.74. The molecular weight excluding hydrogens is 316 g/mol. The van der Waals surface area contributed by atoms with E-state index in [1.807, 2.05) is 0 Å². The van der Waals surface area contributed by atoms with Gasteiger partial charge in [-0.25, -0.2) is 8.78 Å². The highest BCUT2D eigenvalue weighted by molar-refractivity contribution is 5.84. The van der Waals surface area contributed by atoms with Crippen molar-refractivity contribution in [2.45, 2.75) is 49.9 Å². The smallest absolute Gasteiger partial charge is 0.236 e. The van der Waals surface area contributed by atoms with Crippen molar-refractivity contribution in [3.05, 3.63) is 0 Å². The molecule has 134 valence electrons. The highest BCUT2D eigenvalue weighted by atomic mass is 19.2. The van der Waals surface area contributed by atoms with E-state index in [2.05, 4.69) is 0 Å². The van der Waals surface area contributed by atoms with E-state index in [0.29, 0.717) is 45.4 Å². The van der Waals surface area contributed by atoms with Crippen LogP contribution in [-0.4, -0.2) is 65.7 Å². The zero-order valence-corrected chi connectivity index (χ0v) is 13.9. The molecule has 2 atom stereocenters. The van der Waals surface area contributed by atoms with E-state index >= 15 is 8.78 Å². The summed E-state index contributed by atoms with van der Waals surface area (Å²) in [5.41, 5.74) is 1.48. The summed E-state index contributed by atoms with van der Waals surface area (Å²) in [7, 11) is 0. The Morgan fingerprint density at radius 1 is 0.917 bits per heavy atom. The van der Waals surface area contributed by atoms with Crippen molar-refractivity contribution >= 4 is 11.8 Å². The van der Waals surface area contributed by atoms with Crippen molar-refractivity contribution in [2.24, 2.45) is 17.1 Å². The maximum absolute atomic E-state index is 15.0. The maximum atomic E-state index is 15.0. The number of hydrogen-bond donors (Lipinski definition) is 1. The zero-order valence-electron chi connectivity index (χ0n) is 13.9. The molecule has 4 aliphatic carbocycles. The molecule has 1 saturated heterocycles. The lowest BCUT2D eigenvalue weighted by atomic mass is 9.47. The van der Waals surface area contributed by atoms with Gasteiger partial charge >= 0.3 is 0 Å². The Morgan fingerprint density at radius 3 is 1.96 bits per heavy atom. The summed E-state index contributed by atoms with van der Waals surface area (Å²) in [5, 5.41) is 0. The van der Waals surface area contributed by atoms with Gasteiger partial charge in [0.1, 0.15) is 11.3 Å². The third-order valence-corrected chi connectivity index (χ3v) is 6.48. The second-order valence-electron chi connectivity index (χ2n) is 8.47. The lowest BCUT2D eigenvalue weighted by Gasteiger charge is -2.61. The van der Waals surface area contributed by atoms with E-state index in [-0.39, 0.29) is 43.5 Å². The van der Waals surface area contributed by atoms with Gasteiger partial charge in [-0.2, -0.15) is 0 Å². The lowest BCUT2D eigenvalue weighted by molar-refractivity contribution is -0.194. The van der Waals surface area contributed by atoms with Crippen LogP contribution in [-0.2, 0) is 9.59 Å². The first-order valence-electron chi connectivity index (χ1n) is 8.92. The summed E-state index contributed by atoms with van der Waals surface area (Å²) < 4.78 is 30.1. The molecule has 5 fully saturated rings. The second-order valence-corrected chi connectivity index (χ2v) is 8.47. The Hall–Kier alpha value is -1.24. The molecule has 5 nitrogen and oxygen atoms in total. The molecule has 1 heterocycles. The Kier molecular flexibility index (Phi) is 3.47. The fourth-order valence-corrected chi connectivity index (χ4v) is 6.07. The predicted octanol–water partition coefficient (Wildman–Crippen LogP) is 1.02. The first-order valence-corrected chi connectivity index (χ1v) is 8.92. The zero-order chi connectivity index (χ0) is 17.2. The Balaban J connectivity index is 1.50. The predicted molar refractivity (Wildman–Crippen MR) is 83.5 cm³/mol. The van der Waals surface area contributed by atoms with Crippen LogP contribution in [0.1, 0.15) is 38.5 Å². The van der Waals surface area contributed by atoms with E-state index in [9.17, 15) is 9.59 Å². The molecule has 0 aromatic carbocycles. The van der Waals surface area contributed by atoms with Gasteiger partial charge in [-0.3, -0.25) is 9.59 Å². The number of nitrogens with two attached hydrogens (primary N) is 1. The van der Waals surface area contributed by atoms with Gasteiger partial charge in [-0.15, -0.1) is 0 Å². The van der Waals surface area contributed by atoms with Gasteiger partial charge in [0.2, 0.25) is 11.8 Å². The van der Waals surface area contributed by atoms with Crippen LogP contribution in [0.15, 0.2) is 0 Å². The van der Waals surface area contributed by atoms with E-state index < -0.39 is 16.8 Å². The highest BCUT2D eigenvalue weighted by Gasteiger charge is 2.67. The van der Waals surface area contributed by atoms with Crippen LogP contribution in [0.5, 0.6) is 0 Å². The normalized spacial score (nSPS) is 44.0. The van der Waals surface area contributed by atoms with Gasteiger partial charge in [-0.1, -0.05) is 0 Å². The van der Waals surface area contributed by atoms with Crippen LogP contribution in [0.4, 0.5) is 8.78 Å². The van der Waals surface area contributed by atoms with Gasteiger partial charge in [0.05, 0.1) is 12.0 Å². The number of carbonyl (C=O) groups is 2. The van der Waals surface area contributed by atoms with Crippen LogP contribution < -0.4 is 5.73 Å². The van der Waals surface area contributed by atoms with Crippen molar-refractivity contribution in [3.8, 4) is 0 Å². The van der Waals surface area contributed by atoms with Crippen LogP contribution in [0.2, 0.25) is 0 Å². The fraction of sp³-hybridized carbons (Fsp3) is 0.882. The van der Waals surface area contributed by atoms with E-state index in [0.717, 1.165) is 0 Å². The Bertz CT molecular complexity index is 558. The minimum absolute atomic E-state index is 0.0136. The summed E-state index contributed by atoms with van der Waals surface area (Å²) in [4.78, 5) is 28.2. The molecule has 7 heteroatoms. The third-order valence-electron chi connectivity index (χ3n) is 6.48. The Labute approximate surface area is 140 Å². The molecule has 24 heavy (non-hydrogen) atoms. The average molecular weight is 341 g/mol. The summed E-state index contributed by atoms with van der Waals surface area (Å²) >= 11 is 0. The summed E-state index contributed by atoms with van der Waals surface area (Å²) in [6, 6.07) is 0. The first-order chi connectivity index (χ1) is 11.3. The SMILES string of the molecule is NCC(=O)N1CCN(C(=O)C23CC4CC(F)(CC(F)(C4)C2)C3)CC1. The molecule has 2 N–H and O–H groups in total. The quantitative estimate of drug-likeness (QED) is 0.815. The van der Waals surface area contributed by atoms with E-state index in [1.165, 1.54) is 0 Å². The van der Waals surface area contributed by atoms with Crippen molar-refractivity contribution in [1.29, 1.82) is 0 Å². The van der Waals surface area contributed by atoms with Gasteiger partial charge in [0, 0.05) is 32.6 Å². The number of piperazine rings is 1. The second kappa shape index (κ2) is 5.13. The molecule has 0 aromatic heterocycles. The largest absolute Gasteiger partial charge is 0.339 e. The molecule has 0 spiro atoms. The number of halogens is 2. The van der Waals surface area contributed by atoms with Gasteiger partial charge < -0.3 is 15.5 Å². The van der Waals surface area contributed by atoms with E-state index in [4.69, 9.17) is 5.73 Å². The number of rotatable bonds is 2. The molecule has 2 amide bonds. The monoisotopic (exact) mass is 341 g/mol. The molecule has 0 radical (unpaired) electrons. The van der Waals surface area contributed by atoms with Gasteiger partial charge in [0.25, 0.3) is 0 Å². The standard InChI is InChI=1S/C17H25F2N3O2/c18-16-6-12-5-15(9-16,10-17(19,7-12)11-16)14(24)22-3-1-21(2-4-22)13(23)8-20/h12H,1-11,20H2. The molecular formula is C17H25F2N3O2. The van der Waals surface area contributed by atoms with Crippen molar-refractivity contribution in [3.63, 3.8) is 0 Å². The molecule has 0 aromatic rings. The summed E-state index contributed by atoms with van der Waals surface area (Å²) in [5.74, 6) is -0.238.